The van der Waals surface area contributed by atoms with E-state index >= 15 is 0 Å². The smallest absolute Gasteiger partial charge is 0.227 e. The Hall–Kier alpha value is -2.37. The molecule has 1 unspecified atom stereocenters. The van der Waals surface area contributed by atoms with Gasteiger partial charge in [-0.25, -0.2) is 0 Å². The van der Waals surface area contributed by atoms with Crippen molar-refractivity contribution in [1.29, 1.82) is 0 Å². The molecule has 0 aliphatic carbocycles. The number of ether oxygens (including phenoxy) is 1. The summed E-state index contributed by atoms with van der Waals surface area (Å²) >= 11 is 0. The molecule has 0 bridgehead atoms. The highest BCUT2D eigenvalue weighted by Crippen LogP contribution is 2.28. The van der Waals surface area contributed by atoms with Gasteiger partial charge in [0.05, 0.1) is 6.61 Å². The lowest BCUT2D eigenvalue weighted by Gasteiger charge is -2.23. The van der Waals surface area contributed by atoms with Gasteiger partial charge in [0.15, 0.2) is 0 Å². The first-order valence-electron chi connectivity index (χ1n) is 9.16. The summed E-state index contributed by atoms with van der Waals surface area (Å²) < 4.78 is 5.85. The summed E-state index contributed by atoms with van der Waals surface area (Å²) in [6.45, 7) is 3.97. The van der Waals surface area contributed by atoms with Crippen molar-refractivity contribution in [1.82, 2.24) is 4.90 Å². The van der Waals surface area contributed by atoms with Crippen molar-refractivity contribution >= 4 is 11.6 Å². The molecule has 0 radical (unpaired) electrons. The summed E-state index contributed by atoms with van der Waals surface area (Å²) in [4.78, 5) is 16.7. The van der Waals surface area contributed by atoms with E-state index in [0.29, 0.717) is 18.9 Å². The zero-order valence-corrected chi connectivity index (χ0v) is 14.8. The third-order valence-corrected chi connectivity index (χ3v) is 5.16. The van der Waals surface area contributed by atoms with Crippen LogP contribution < -0.4 is 9.64 Å². The Morgan fingerprint density at radius 2 is 2.00 bits per heavy atom. The van der Waals surface area contributed by atoms with E-state index in [1.807, 2.05) is 53.4 Å². The summed E-state index contributed by atoms with van der Waals surface area (Å²) in [5.74, 6) is 1.43. The summed E-state index contributed by atoms with van der Waals surface area (Å²) in [5, 5.41) is 9.37. The standard InChI is InChI=1S/C21H24N2O3/c24-15-16-6-7-20-18(10-16)14-22(8-9-26-20)12-17-11-21(25)23(13-17)19-4-2-1-3-5-19/h1-7,10,17,24H,8-9,11-15H2. The van der Waals surface area contributed by atoms with Crippen LogP contribution in [0.5, 0.6) is 5.75 Å². The molecule has 0 spiro atoms. The van der Waals surface area contributed by atoms with Gasteiger partial charge >= 0.3 is 0 Å². The maximum atomic E-state index is 12.4. The van der Waals surface area contributed by atoms with Crippen molar-refractivity contribution in [3.63, 3.8) is 0 Å². The van der Waals surface area contributed by atoms with Gasteiger partial charge < -0.3 is 14.7 Å². The highest BCUT2D eigenvalue weighted by molar-refractivity contribution is 5.95. The molecule has 2 aliphatic rings. The maximum Gasteiger partial charge on any atom is 0.227 e. The Morgan fingerprint density at radius 1 is 1.15 bits per heavy atom. The SMILES string of the molecule is O=C1CC(CN2CCOc3ccc(CO)cc3C2)CN1c1ccccc1. The summed E-state index contributed by atoms with van der Waals surface area (Å²) in [7, 11) is 0. The predicted octanol–water partition coefficient (Wildman–Crippen LogP) is 2.43. The van der Waals surface area contributed by atoms with Crippen LogP contribution in [0.25, 0.3) is 0 Å². The van der Waals surface area contributed by atoms with E-state index in [0.717, 1.165) is 48.7 Å². The van der Waals surface area contributed by atoms with E-state index in [1.165, 1.54) is 0 Å². The maximum absolute atomic E-state index is 12.4. The van der Waals surface area contributed by atoms with Crippen LogP contribution in [0.3, 0.4) is 0 Å². The molecule has 2 aromatic carbocycles. The van der Waals surface area contributed by atoms with E-state index < -0.39 is 0 Å². The second-order valence-electron chi connectivity index (χ2n) is 7.09. The minimum atomic E-state index is 0.0381. The summed E-state index contributed by atoms with van der Waals surface area (Å²) in [6.07, 6.45) is 0.593. The van der Waals surface area contributed by atoms with Gasteiger partial charge in [0.2, 0.25) is 5.91 Å². The lowest BCUT2D eigenvalue weighted by Crippen LogP contribution is -2.32. The number of para-hydroxylation sites is 1. The fourth-order valence-corrected chi connectivity index (χ4v) is 3.88. The van der Waals surface area contributed by atoms with E-state index in [-0.39, 0.29) is 12.5 Å². The molecular weight excluding hydrogens is 328 g/mol. The zero-order chi connectivity index (χ0) is 17.9. The van der Waals surface area contributed by atoms with Gasteiger partial charge in [-0.15, -0.1) is 0 Å². The van der Waals surface area contributed by atoms with Gasteiger partial charge in [-0.05, 0) is 35.7 Å². The third-order valence-electron chi connectivity index (χ3n) is 5.16. The number of aliphatic hydroxyl groups excluding tert-OH is 1. The van der Waals surface area contributed by atoms with E-state index in [1.54, 1.807) is 0 Å². The first kappa shape index (κ1) is 17.1. The molecule has 2 aliphatic heterocycles. The number of hydrogen-bond donors (Lipinski definition) is 1. The van der Waals surface area contributed by atoms with Crippen LogP contribution in [0.2, 0.25) is 0 Å². The predicted molar refractivity (Wildman–Crippen MR) is 100 cm³/mol. The number of rotatable bonds is 4. The van der Waals surface area contributed by atoms with Crippen LogP contribution in [0, 0.1) is 5.92 Å². The van der Waals surface area contributed by atoms with Gasteiger partial charge in [0.1, 0.15) is 12.4 Å². The number of aliphatic hydroxyl groups is 1. The average Bonchev–Trinajstić information content (AvgIpc) is 2.91. The van der Waals surface area contributed by atoms with Crippen LogP contribution >= 0.6 is 0 Å². The lowest BCUT2D eigenvalue weighted by molar-refractivity contribution is -0.117. The molecule has 2 heterocycles. The van der Waals surface area contributed by atoms with Gasteiger partial charge in [0.25, 0.3) is 0 Å². The number of amides is 1. The molecule has 136 valence electrons. The van der Waals surface area contributed by atoms with E-state index in [2.05, 4.69) is 4.90 Å². The van der Waals surface area contributed by atoms with Gasteiger partial charge in [0, 0.05) is 43.9 Å². The van der Waals surface area contributed by atoms with Crippen LogP contribution in [0.15, 0.2) is 48.5 Å². The van der Waals surface area contributed by atoms with E-state index in [4.69, 9.17) is 4.74 Å². The molecule has 0 aromatic heterocycles. The highest BCUT2D eigenvalue weighted by atomic mass is 16.5. The lowest BCUT2D eigenvalue weighted by atomic mass is 10.1. The second kappa shape index (κ2) is 7.48. The Labute approximate surface area is 153 Å². The topological polar surface area (TPSA) is 53.0 Å². The van der Waals surface area contributed by atoms with Crippen molar-refractivity contribution in [2.75, 3.05) is 31.1 Å². The molecule has 1 saturated heterocycles. The number of carbonyl (C=O) groups excluding carboxylic acids is 1. The third kappa shape index (κ3) is 3.59. The van der Waals surface area contributed by atoms with Gasteiger partial charge in [-0.2, -0.15) is 0 Å². The molecule has 1 amide bonds. The van der Waals surface area contributed by atoms with Crippen LogP contribution in [0.1, 0.15) is 17.5 Å². The normalized spacial score (nSPS) is 20.6. The minimum absolute atomic E-state index is 0.0381. The fraction of sp³-hybridized carbons (Fsp3) is 0.381. The van der Waals surface area contributed by atoms with Crippen molar-refractivity contribution in [3.8, 4) is 5.75 Å². The fourth-order valence-electron chi connectivity index (χ4n) is 3.88. The Bertz CT molecular complexity index is 778. The van der Waals surface area contributed by atoms with Gasteiger partial charge in [-0.3, -0.25) is 9.69 Å². The second-order valence-corrected chi connectivity index (χ2v) is 7.09. The molecule has 1 N–H and O–H groups in total. The summed E-state index contributed by atoms with van der Waals surface area (Å²) in [6, 6.07) is 15.8. The number of fused-ring (bicyclic) bond motifs is 1. The average molecular weight is 352 g/mol. The van der Waals surface area contributed by atoms with Crippen molar-refractivity contribution in [3.05, 3.63) is 59.7 Å². The molecule has 0 saturated carbocycles. The van der Waals surface area contributed by atoms with Crippen LogP contribution in [-0.2, 0) is 17.9 Å². The monoisotopic (exact) mass is 352 g/mol. The first-order chi connectivity index (χ1) is 12.7. The van der Waals surface area contributed by atoms with Gasteiger partial charge in [-0.1, -0.05) is 24.3 Å². The largest absolute Gasteiger partial charge is 0.492 e. The Kier molecular flexibility index (Phi) is 4.91. The van der Waals surface area contributed by atoms with Crippen LogP contribution in [0.4, 0.5) is 5.69 Å². The number of benzene rings is 2. The first-order valence-corrected chi connectivity index (χ1v) is 9.16. The Morgan fingerprint density at radius 3 is 2.81 bits per heavy atom. The number of carbonyl (C=O) groups is 1. The molecule has 2 aromatic rings. The molecule has 5 nitrogen and oxygen atoms in total. The zero-order valence-electron chi connectivity index (χ0n) is 14.8. The highest BCUT2D eigenvalue weighted by Gasteiger charge is 2.32. The molecule has 5 heteroatoms. The molecule has 1 fully saturated rings. The minimum Gasteiger partial charge on any atom is -0.492 e. The van der Waals surface area contributed by atoms with Crippen molar-refractivity contribution in [2.24, 2.45) is 5.92 Å². The van der Waals surface area contributed by atoms with Crippen molar-refractivity contribution < 1.29 is 14.6 Å². The molecule has 26 heavy (non-hydrogen) atoms. The number of hydrogen-bond acceptors (Lipinski definition) is 4. The van der Waals surface area contributed by atoms with Crippen LogP contribution in [-0.4, -0.2) is 42.2 Å². The molecule has 4 rings (SSSR count). The molecule has 1 atom stereocenters. The molecular formula is C21H24N2O3. The Balaban J connectivity index is 1.43. The number of anilines is 1. The van der Waals surface area contributed by atoms with E-state index in [9.17, 15) is 9.90 Å². The quantitative estimate of drug-likeness (QED) is 0.918. The number of nitrogens with zero attached hydrogens (tertiary/aromatic N) is 2. The van der Waals surface area contributed by atoms with Crippen molar-refractivity contribution in [2.45, 2.75) is 19.6 Å². The summed E-state index contributed by atoms with van der Waals surface area (Å²) in [5.41, 5.74) is 3.00.